The first-order valence-corrected chi connectivity index (χ1v) is 22.2. The number of anilines is 3. The molecule has 65 heavy (non-hydrogen) atoms. The first-order valence-electron chi connectivity index (χ1n) is 22.2. The summed E-state index contributed by atoms with van der Waals surface area (Å²) in [5.74, 6) is 0. The first-order chi connectivity index (χ1) is 32.2. The van der Waals surface area contributed by atoms with Crippen LogP contribution in [0.3, 0.4) is 0 Å². The summed E-state index contributed by atoms with van der Waals surface area (Å²) in [4.78, 5) is 2.36. The summed E-state index contributed by atoms with van der Waals surface area (Å²) >= 11 is 0. The van der Waals surface area contributed by atoms with Crippen molar-refractivity contribution < 1.29 is 4.42 Å². The first kappa shape index (κ1) is 36.9. The van der Waals surface area contributed by atoms with Gasteiger partial charge in [0.05, 0.1) is 11.0 Å². The van der Waals surface area contributed by atoms with Crippen LogP contribution in [0.2, 0.25) is 0 Å². The number of hydrogen-bond acceptors (Lipinski definition) is 2. The molecule has 13 aromatic rings. The highest BCUT2D eigenvalue weighted by atomic mass is 16.3. The van der Waals surface area contributed by atoms with E-state index in [-0.39, 0.29) is 0 Å². The largest absolute Gasteiger partial charge is 0.456 e. The minimum atomic E-state index is 0.889. The van der Waals surface area contributed by atoms with Crippen molar-refractivity contribution in [2.45, 2.75) is 0 Å². The number of para-hydroxylation sites is 3. The van der Waals surface area contributed by atoms with Crippen molar-refractivity contribution in [2.24, 2.45) is 0 Å². The molecule has 3 nitrogen and oxygen atoms in total. The van der Waals surface area contributed by atoms with Crippen molar-refractivity contribution in [1.82, 2.24) is 4.57 Å². The highest BCUT2D eigenvalue weighted by Crippen LogP contribution is 2.42. The van der Waals surface area contributed by atoms with E-state index in [4.69, 9.17) is 4.42 Å². The molecule has 3 heteroatoms. The third-order valence-corrected chi connectivity index (χ3v) is 13.2. The third kappa shape index (κ3) is 6.20. The standard InChI is InChI=1S/C62H40N2O/c1-2-18-51-46(13-1)39-58(53-20-4-3-19-52(51)53)42-29-34-48(35-30-42)63(49-16-12-15-44(38-49)45-31-36-57-56-23-7-10-26-61(56)65-62(57)40-45)47-32-27-41(28-33-47)43-14-11-17-50(37-43)64-59-24-8-5-21-54(59)55-22-6-9-25-60(55)64/h1-40H. The van der Waals surface area contributed by atoms with Crippen LogP contribution in [0, 0.1) is 0 Å². The SMILES string of the molecule is c1cc(-c2ccc3c(c2)oc2ccccc23)cc(N(c2ccc(-c3cccc(-n4c5ccccc5c5ccccc54)c3)cc2)c2ccc(-c3cc4ccccc4c4ccccc34)cc2)c1. The molecular weight excluding hydrogens is 789 g/mol. The highest BCUT2D eigenvalue weighted by molar-refractivity contribution is 6.14. The maximum atomic E-state index is 6.33. The molecule has 304 valence electrons. The Bertz CT molecular complexity index is 3900. The van der Waals surface area contributed by atoms with E-state index in [1.807, 2.05) is 12.1 Å². The number of fused-ring (bicyclic) bond motifs is 9. The fourth-order valence-corrected chi connectivity index (χ4v) is 10.1. The van der Waals surface area contributed by atoms with Crippen LogP contribution in [0.5, 0.6) is 0 Å². The Morgan fingerprint density at radius 3 is 1.57 bits per heavy atom. The molecular formula is C62H40N2O. The summed E-state index contributed by atoms with van der Waals surface area (Å²) in [5.41, 5.74) is 15.5. The molecule has 13 rings (SSSR count). The predicted molar refractivity (Wildman–Crippen MR) is 274 cm³/mol. The van der Waals surface area contributed by atoms with Crippen molar-refractivity contribution in [3.05, 3.63) is 243 Å². The van der Waals surface area contributed by atoms with Gasteiger partial charge in [-0.05, 0) is 140 Å². The smallest absolute Gasteiger partial charge is 0.136 e. The lowest BCUT2D eigenvalue weighted by molar-refractivity contribution is 0.669. The molecule has 0 aliphatic heterocycles. The summed E-state index contributed by atoms with van der Waals surface area (Å²) in [5, 5.41) is 9.82. The van der Waals surface area contributed by atoms with Gasteiger partial charge in [0.15, 0.2) is 0 Å². The van der Waals surface area contributed by atoms with Gasteiger partial charge >= 0.3 is 0 Å². The molecule has 0 radical (unpaired) electrons. The molecule has 0 unspecified atom stereocenters. The van der Waals surface area contributed by atoms with Crippen molar-refractivity contribution in [3.8, 4) is 39.1 Å². The number of furan rings is 1. The highest BCUT2D eigenvalue weighted by Gasteiger charge is 2.17. The van der Waals surface area contributed by atoms with E-state index in [0.29, 0.717) is 0 Å². The monoisotopic (exact) mass is 828 g/mol. The average Bonchev–Trinajstić information content (AvgIpc) is 3.92. The van der Waals surface area contributed by atoms with Gasteiger partial charge in [-0.1, -0.05) is 158 Å². The van der Waals surface area contributed by atoms with Crippen LogP contribution in [0.1, 0.15) is 0 Å². The zero-order valence-electron chi connectivity index (χ0n) is 35.4. The Kier molecular flexibility index (Phi) is 8.53. The Morgan fingerprint density at radius 2 is 0.831 bits per heavy atom. The van der Waals surface area contributed by atoms with Crippen molar-refractivity contribution in [3.63, 3.8) is 0 Å². The predicted octanol–water partition coefficient (Wildman–Crippen LogP) is 17.5. The van der Waals surface area contributed by atoms with Crippen molar-refractivity contribution >= 4 is 82.4 Å². The zero-order chi connectivity index (χ0) is 42.8. The molecule has 2 aromatic heterocycles. The molecule has 0 spiro atoms. The van der Waals surface area contributed by atoms with Crippen LogP contribution in [0.25, 0.3) is 104 Å². The molecule has 0 bridgehead atoms. The fourth-order valence-electron chi connectivity index (χ4n) is 10.1. The summed E-state index contributed by atoms with van der Waals surface area (Å²) in [6.45, 7) is 0. The number of nitrogens with zero attached hydrogens (tertiary/aromatic N) is 2. The lowest BCUT2D eigenvalue weighted by Crippen LogP contribution is -2.10. The normalized spacial score (nSPS) is 11.7. The van der Waals surface area contributed by atoms with Gasteiger partial charge in [-0.2, -0.15) is 0 Å². The molecule has 2 heterocycles. The maximum absolute atomic E-state index is 6.33. The minimum absolute atomic E-state index is 0.889. The number of hydrogen-bond donors (Lipinski definition) is 0. The molecule has 11 aromatic carbocycles. The molecule has 0 aliphatic carbocycles. The second-order valence-electron chi connectivity index (χ2n) is 16.9. The molecule has 0 fully saturated rings. The number of benzene rings is 11. The second-order valence-corrected chi connectivity index (χ2v) is 16.9. The number of rotatable bonds is 7. The zero-order valence-corrected chi connectivity index (χ0v) is 35.4. The average molecular weight is 829 g/mol. The summed E-state index contributed by atoms with van der Waals surface area (Å²) in [6.07, 6.45) is 0. The van der Waals surface area contributed by atoms with E-state index in [1.54, 1.807) is 0 Å². The van der Waals surface area contributed by atoms with E-state index in [1.165, 1.54) is 54.5 Å². The van der Waals surface area contributed by atoms with Crippen LogP contribution in [0.4, 0.5) is 17.1 Å². The molecule has 0 amide bonds. The molecule has 0 aliphatic rings. The van der Waals surface area contributed by atoms with Gasteiger partial charge in [0.1, 0.15) is 11.2 Å². The topological polar surface area (TPSA) is 21.3 Å². The lowest BCUT2D eigenvalue weighted by Gasteiger charge is -2.26. The van der Waals surface area contributed by atoms with Crippen LogP contribution in [-0.4, -0.2) is 4.57 Å². The van der Waals surface area contributed by atoms with Gasteiger partial charge in [-0.25, -0.2) is 0 Å². The summed E-state index contributed by atoms with van der Waals surface area (Å²) in [6, 6.07) is 87.8. The Hall–Kier alpha value is -8.66. The summed E-state index contributed by atoms with van der Waals surface area (Å²) in [7, 11) is 0. The summed E-state index contributed by atoms with van der Waals surface area (Å²) < 4.78 is 8.71. The van der Waals surface area contributed by atoms with Crippen LogP contribution >= 0.6 is 0 Å². The third-order valence-electron chi connectivity index (χ3n) is 13.2. The quantitative estimate of drug-likeness (QED) is 0.149. The van der Waals surface area contributed by atoms with Crippen LogP contribution in [-0.2, 0) is 0 Å². The number of aromatic nitrogens is 1. The van der Waals surface area contributed by atoms with Gasteiger partial charge in [0, 0.05) is 44.3 Å². The molecule has 0 saturated heterocycles. The molecule has 0 atom stereocenters. The molecule has 0 saturated carbocycles. The Labute approximate surface area is 376 Å². The lowest BCUT2D eigenvalue weighted by atomic mass is 9.93. The van der Waals surface area contributed by atoms with E-state index in [9.17, 15) is 0 Å². The molecule has 0 N–H and O–H groups in total. The fraction of sp³-hybridized carbons (Fsp3) is 0. The van der Waals surface area contributed by atoms with E-state index >= 15 is 0 Å². The van der Waals surface area contributed by atoms with Gasteiger partial charge in [-0.3, -0.25) is 0 Å². The minimum Gasteiger partial charge on any atom is -0.456 e. The van der Waals surface area contributed by atoms with Crippen LogP contribution < -0.4 is 4.90 Å². The van der Waals surface area contributed by atoms with Gasteiger partial charge in [0.2, 0.25) is 0 Å². The Balaban J connectivity index is 0.911. The van der Waals surface area contributed by atoms with Gasteiger partial charge < -0.3 is 13.9 Å². The van der Waals surface area contributed by atoms with Crippen LogP contribution in [0.15, 0.2) is 247 Å². The Morgan fingerprint density at radius 1 is 0.292 bits per heavy atom. The van der Waals surface area contributed by atoms with Gasteiger partial charge in [0.25, 0.3) is 0 Å². The van der Waals surface area contributed by atoms with E-state index in [2.05, 4.69) is 240 Å². The van der Waals surface area contributed by atoms with Crippen molar-refractivity contribution in [1.29, 1.82) is 0 Å². The second kappa shape index (κ2) is 15.0. The van der Waals surface area contributed by atoms with Gasteiger partial charge in [-0.15, -0.1) is 0 Å². The van der Waals surface area contributed by atoms with Crippen molar-refractivity contribution in [2.75, 3.05) is 4.90 Å². The van der Waals surface area contributed by atoms with E-state index < -0.39 is 0 Å². The maximum Gasteiger partial charge on any atom is 0.136 e. The van der Waals surface area contributed by atoms with E-state index in [0.717, 1.165) is 66.9 Å².